The highest BCUT2D eigenvalue weighted by molar-refractivity contribution is 7.22. The summed E-state index contributed by atoms with van der Waals surface area (Å²) in [7, 11) is 1.58. The first kappa shape index (κ1) is 21.7. The zero-order chi connectivity index (χ0) is 22.1. The summed E-state index contributed by atoms with van der Waals surface area (Å²) in [5, 5.41) is 1.09. The molecule has 160 valence electrons. The van der Waals surface area contributed by atoms with Crippen LogP contribution in [-0.4, -0.2) is 23.3 Å². The van der Waals surface area contributed by atoms with Gasteiger partial charge in [0, 0.05) is 21.5 Å². The Balaban J connectivity index is 1.75. The van der Waals surface area contributed by atoms with Gasteiger partial charge in [-0.2, -0.15) is 0 Å². The number of aromatic nitrogens is 2. The van der Waals surface area contributed by atoms with Gasteiger partial charge in [-0.1, -0.05) is 43.1 Å². The highest BCUT2D eigenvalue weighted by Crippen LogP contribution is 2.37. The van der Waals surface area contributed by atoms with Crippen molar-refractivity contribution in [2.45, 2.75) is 13.8 Å². The van der Waals surface area contributed by atoms with E-state index in [4.69, 9.17) is 32.7 Å². The number of halogens is 2. The molecule has 4 rings (SSSR count). The van der Waals surface area contributed by atoms with E-state index in [0.717, 1.165) is 10.4 Å². The van der Waals surface area contributed by atoms with Crippen LogP contribution in [0.15, 0.2) is 53.6 Å². The number of ether oxygens (including phenoxy) is 2. The molecule has 0 saturated carbocycles. The van der Waals surface area contributed by atoms with Crippen molar-refractivity contribution in [1.29, 1.82) is 0 Å². The Morgan fingerprint density at radius 3 is 2.61 bits per heavy atom. The largest absolute Gasteiger partial charge is 0.493 e. The SMILES string of the molecule is COc1cc(-n2cnc3cc(-c4ccc(Cl)cc4Cl)sc3c2=O)ccc1OCC(C)C. The van der Waals surface area contributed by atoms with Gasteiger partial charge < -0.3 is 9.47 Å². The maximum atomic E-state index is 13.2. The van der Waals surface area contributed by atoms with Gasteiger partial charge in [0.25, 0.3) is 5.56 Å². The molecule has 0 fully saturated rings. The van der Waals surface area contributed by atoms with E-state index in [9.17, 15) is 4.79 Å². The van der Waals surface area contributed by atoms with Crippen molar-refractivity contribution < 1.29 is 9.47 Å². The number of fused-ring (bicyclic) bond motifs is 1. The monoisotopic (exact) mass is 474 g/mol. The van der Waals surface area contributed by atoms with Crippen molar-refractivity contribution >= 4 is 44.8 Å². The molecule has 0 saturated heterocycles. The van der Waals surface area contributed by atoms with Crippen LogP contribution < -0.4 is 15.0 Å². The van der Waals surface area contributed by atoms with Crippen LogP contribution in [0, 0.1) is 5.92 Å². The van der Waals surface area contributed by atoms with Crippen molar-refractivity contribution in [3.8, 4) is 27.6 Å². The minimum absolute atomic E-state index is 0.163. The summed E-state index contributed by atoms with van der Waals surface area (Å²) < 4.78 is 13.3. The van der Waals surface area contributed by atoms with Gasteiger partial charge in [-0.25, -0.2) is 4.98 Å². The molecule has 0 N–H and O–H groups in total. The summed E-state index contributed by atoms with van der Waals surface area (Å²) in [5.41, 5.74) is 1.92. The molecule has 0 atom stereocenters. The van der Waals surface area contributed by atoms with E-state index < -0.39 is 0 Å². The first-order valence-corrected chi connectivity index (χ1v) is 11.2. The molecule has 31 heavy (non-hydrogen) atoms. The molecule has 0 radical (unpaired) electrons. The molecule has 0 amide bonds. The van der Waals surface area contributed by atoms with Crippen LogP contribution in [0.1, 0.15) is 13.8 Å². The normalized spacial score (nSPS) is 11.3. The molecule has 2 heterocycles. The van der Waals surface area contributed by atoms with Crippen molar-refractivity contribution in [2.24, 2.45) is 5.92 Å². The van der Waals surface area contributed by atoms with Crippen LogP contribution in [0.4, 0.5) is 0 Å². The maximum absolute atomic E-state index is 13.2. The lowest BCUT2D eigenvalue weighted by atomic mass is 10.2. The molecule has 4 aromatic rings. The van der Waals surface area contributed by atoms with Gasteiger partial charge >= 0.3 is 0 Å². The second-order valence-corrected chi connectivity index (χ2v) is 9.30. The fourth-order valence-corrected chi connectivity index (χ4v) is 4.75. The third-order valence-corrected chi connectivity index (χ3v) is 6.33. The molecule has 8 heteroatoms. The molecule has 0 aliphatic rings. The lowest BCUT2D eigenvalue weighted by Gasteiger charge is -2.14. The smallest absolute Gasteiger partial charge is 0.275 e. The summed E-state index contributed by atoms with van der Waals surface area (Å²) in [5.74, 6) is 1.59. The molecule has 2 aromatic carbocycles. The van der Waals surface area contributed by atoms with Gasteiger partial charge in [-0.15, -0.1) is 11.3 Å². The summed E-state index contributed by atoms with van der Waals surface area (Å²) in [4.78, 5) is 18.6. The van der Waals surface area contributed by atoms with Gasteiger partial charge in [0.05, 0.1) is 29.9 Å². The highest BCUT2D eigenvalue weighted by Gasteiger charge is 2.15. The predicted molar refractivity (Wildman–Crippen MR) is 128 cm³/mol. The van der Waals surface area contributed by atoms with E-state index in [-0.39, 0.29) is 5.56 Å². The van der Waals surface area contributed by atoms with Crippen LogP contribution in [0.5, 0.6) is 11.5 Å². The Kier molecular flexibility index (Phi) is 6.23. The summed E-state index contributed by atoms with van der Waals surface area (Å²) in [6.07, 6.45) is 1.52. The Bertz CT molecular complexity index is 1310. The first-order chi connectivity index (χ1) is 14.9. The highest BCUT2D eigenvalue weighted by atomic mass is 35.5. The maximum Gasteiger partial charge on any atom is 0.275 e. The average molecular weight is 475 g/mol. The third-order valence-electron chi connectivity index (χ3n) is 4.63. The van der Waals surface area contributed by atoms with Crippen molar-refractivity contribution in [3.63, 3.8) is 0 Å². The van der Waals surface area contributed by atoms with E-state index in [1.807, 2.05) is 18.2 Å². The van der Waals surface area contributed by atoms with Crippen molar-refractivity contribution in [2.75, 3.05) is 13.7 Å². The van der Waals surface area contributed by atoms with E-state index in [1.54, 1.807) is 31.4 Å². The fourth-order valence-electron chi connectivity index (χ4n) is 3.10. The van der Waals surface area contributed by atoms with Gasteiger partial charge in [-0.3, -0.25) is 9.36 Å². The van der Waals surface area contributed by atoms with Gasteiger partial charge in [0.15, 0.2) is 11.5 Å². The Hall–Kier alpha value is -2.54. The molecule has 2 aromatic heterocycles. The molecular weight excluding hydrogens is 455 g/mol. The van der Waals surface area contributed by atoms with E-state index in [1.165, 1.54) is 22.2 Å². The summed E-state index contributed by atoms with van der Waals surface area (Å²) in [6.45, 7) is 4.73. The minimum Gasteiger partial charge on any atom is -0.493 e. The molecular formula is C23H20Cl2N2O3S. The average Bonchev–Trinajstić information content (AvgIpc) is 3.17. The third kappa shape index (κ3) is 4.42. The topological polar surface area (TPSA) is 53.4 Å². The Labute approximate surface area is 193 Å². The first-order valence-electron chi connectivity index (χ1n) is 9.65. The van der Waals surface area contributed by atoms with Crippen molar-refractivity contribution in [1.82, 2.24) is 9.55 Å². The molecule has 0 aliphatic heterocycles. The fraction of sp³-hybridized carbons (Fsp3) is 0.217. The summed E-state index contributed by atoms with van der Waals surface area (Å²) in [6, 6.07) is 12.6. The number of benzene rings is 2. The second kappa shape index (κ2) is 8.91. The van der Waals surface area contributed by atoms with E-state index in [0.29, 0.717) is 50.0 Å². The van der Waals surface area contributed by atoms with Gasteiger partial charge in [-0.05, 0) is 36.2 Å². The van der Waals surface area contributed by atoms with E-state index in [2.05, 4.69) is 18.8 Å². The standard InChI is InChI=1S/C23H20Cl2N2O3S/c1-13(2)11-30-19-7-5-15(9-20(19)29-3)27-12-26-18-10-21(31-22(18)23(27)28)16-6-4-14(24)8-17(16)25/h4-10,12-13H,11H2,1-3H3. The van der Waals surface area contributed by atoms with Crippen LogP contribution in [0.25, 0.3) is 26.3 Å². The predicted octanol–water partition coefficient (Wildman–Crippen LogP) is 6.46. The lowest BCUT2D eigenvalue weighted by Crippen LogP contribution is -2.17. The van der Waals surface area contributed by atoms with E-state index >= 15 is 0 Å². The van der Waals surface area contributed by atoms with Crippen LogP contribution >= 0.6 is 34.5 Å². The summed E-state index contributed by atoms with van der Waals surface area (Å²) >= 11 is 13.7. The molecule has 0 aliphatic carbocycles. The lowest BCUT2D eigenvalue weighted by molar-refractivity contribution is 0.257. The number of rotatable bonds is 6. The number of hydrogen-bond acceptors (Lipinski definition) is 5. The number of thiophene rings is 1. The zero-order valence-electron chi connectivity index (χ0n) is 17.2. The molecule has 0 spiro atoms. The number of methoxy groups -OCH3 is 1. The second-order valence-electron chi connectivity index (χ2n) is 7.41. The number of hydrogen-bond donors (Lipinski definition) is 0. The molecule has 0 bridgehead atoms. The zero-order valence-corrected chi connectivity index (χ0v) is 19.5. The van der Waals surface area contributed by atoms with Crippen LogP contribution in [0.3, 0.4) is 0 Å². The van der Waals surface area contributed by atoms with Gasteiger partial charge in [0.1, 0.15) is 11.0 Å². The van der Waals surface area contributed by atoms with Crippen LogP contribution in [-0.2, 0) is 0 Å². The quantitative estimate of drug-likeness (QED) is 0.321. The minimum atomic E-state index is -0.163. The Morgan fingerprint density at radius 2 is 1.90 bits per heavy atom. The molecule has 0 unspecified atom stereocenters. The number of nitrogens with zero attached hydrogens (tertiary/aromatic N) is 2. The van der Waals surface area contributed by atoms with Crippen molar-refractivity contribution in [3.05, 3.63) is 69.2 Å². The molecule has 5 nitrogen and oxygen atoms in total. The Morgan fingerprint density at radius 1 is 1.10 bits per heavy atom. The van der Waals surface area contributed by atoms with Crippen LogP contribution in [0.2, 0.25) is 10.0 Å². The van der Waals surface area contributed by atoms with Gasteiger partial charge in [0.2, 0.25) is 0 Å².